The topological polar surface area (TPSA) is 29.1 Å². The van der Waals surface area contributed by atoms with Gasteiger partial charge in [0, 0.05) is 5.56 Å². The van der Waals surface area contributed by atoms with Gasteiger partial charge < -0.3 is 5.32 Å². The molecule has 2 aromatic carbocycles. The van der Waals surface area contributed by atoms with Crippen molar-refractivity contribution < 1.29 is 4.79 Å². The minimum absolute atomic E-state index is 0.0878. The third kappa shape index (κ3) is 2.14. The van der Waals surface area contributed by atoms with Crippen LogP contribution in [0.4, 0.5) is 0 Å². The molecule has 1 aliphatic rings. The zero-order chi connectivity index (χ0) is 13.2. The number of ketones is 1. The van der Waals surface area contributed by atoms with Gasteiger partial charge in [-0.3, -0.25) is 4.79 Å². The third-order valence-corrected chi connectivity index (χ3v) is 3.73. The van der Waals surface area contributed by atoms with Gasteiger partial charge in [0.1, 0.15) is 0 Å². The second-order valence-electron chi connectivity index (χ2n) is 5.04. The summed E-state index contributed by atoms with van der Waals surface area (Å²) in [7, 11) is 0. The monoisotopic (exact) mass is 251 g/mol. The van der Waals surface area contributed by atoms with E-state index in [1.165, 1.54) is 0 Å². The fourth-order valence-corrected chi connectivity index (χ4v) is 2.74. The van der Waals surface area contributed by atoms with E-state index in [0.29, 0.717) is 0 Å². The summed E-state index contributed by atoms with van der Waals surface area (Å²) >= 11 is 0. The van der Waals surface area contributed by atoms with Crippen molar-refractivity contribution in [3.05, 3.63) is 59.8 Å². The highest BCUT2D eigenvalue weighted by atomic mass is 16.1. The fraction of sp³-hybridized carbons (Fsp3) is 0.235. The standard InChI is InChI=1S/C17H17NO/c1-12-6-4-7-13-8-5-9-14(16(12)13)17(19)15-10-2-3-11-18-15/h3-9,11,15,18H,2,10H2,1H3. The number of fused-ring (bicyclic) bond motifs is 1. The minimum atomic E-state index is -0.0878. The van der Waals surface area contributed by atoms with Crippen LogP contribution in [0.1, 0.15) is 28.8 Å². The van der Waals surface area contributed by atoms with E-state index in [-0.39, 0.29) is 11.8 Å². The Morgan fingerprint density at radius 2 is 2.00 bits per heavy atom. The summed E-state index contributed by atoms with van der Waals surface area (Å²) in [6.45, 7) is 2.06. The van der Waals surface area contributed by atoms with Crippen LogP contribution in [0.3, 0.4) is 0 Å². The summed E-state index contributed by atoms with van der Waals surface area (Å²) in [5.41, 5.74) is 2.00. The first kappa shape index (κ1) is 12.0. The van der Waals surface area contributed by atoms with Gasteiger partial charge in [0.05, 0.1) is 6.04 Å². The molecule has 0 aromatic heterocycles. The molecule has 0 saturated carbocycles. The second-order valence-corrected chi connectivity index (χ2v) is 5.04. The number of nitrogens with one attached hydrogen (secondary N) is 1. The Bertz CT molecular complexity index is 652. The Hall–Kier alpha value is -2.09. The number of aryl methyl sites for hydroxylation is 1. The summed E-state index contributed by atoms with van der Waals surface area (Å²) in [6, 6.07) is 12.0. The maximum absolute atomic E-state index is 12.7. The van der Waals surface area contributed by atoms with E-state index in [1.54, 1.807) is 0 Å². The van der Waals surface area contributed by atoms with Gasteiger partial charge in [0.2, 0.25) is 0 Å². The zero-order valence-electron chi connectivity index (χ0n) is 11.0. The molecule has 2 heteroatoms. The molecule has 1 aliphatic heterocycles. The number of Topliss-reactive ketones (excluding diaryl/α,β-unsaturated/α-hetero) is 1. The molecular weight excluding hydrogens is 234 g/mol. The molecule has 96 valence electrons. The summed E-state index contributed by atoms with van der Waals surface area (Å²) in [5, 5.41) is 5.40. The SMILES string of the molecule is Cc1cccc2cccc(C(=O)C3CCC=CN3)c12. The van der Waals surface area contributed by atoms with Gasteiger partial charge in [0.25, 0.3) is 0 Å². The lowest BCUT2D eigenvalue weighted by atomic mass is 9.92. The summed E-state index contributed by atoms with van der Waals surface area (Å²) in [4.78, 5) is 12.7. The minimum Gasteiger partial charge on any atom is -0.381 e. The Kier molecular flexibility index (Phi) is 3.08. The van der Waals surface area contributed by atoms with E-state index < -0.39 is 0 Å². The average molecular weight is 251 g/mol. The number of carbonyl (C=O) groups is 1. The molecule has 0 amide bonds. The third-order valence-electron chi connectivity index (χ3n) is 3.73. The van der Waals surface area contributed by atoms with Crippen molar-refractivity contribution in [2.24, 2.45) is 0 Å². The predicted molar refractivity (Wildman–Crippen MR) is 78.3 cm³/mol. The van der Waals surface area contributed by atoms with E-state index in [1.807, 2.05) is 24.4 Å². The largest absolute Gasteiger partial charge is 0.381 e. The zero-order valence-corrected chi connectivity index (χ0v) is 11.0. The van der Waals surface area contributed by atoms with Crippen molar-refractivity contribution in [1.29, 1.82) is 0 Å². The van der Waals surface area contributed by atoms with Crippen molar-refractivity contribution in [3.8, 4) is 0 Å². The van der Waals surface area contributed by atoms with Crippen LogP contribution in [-0.4, -0.2) is 11.8 Å². The molecule has 1 N–H and O–H groups in total. The maximum atomic E-state index is 12.7. The molecule has 1 unspecified atom stereocenters. The van der Waals surface area contributed by atoms with Crippen LogP contribution in [-0.2, 0) is 0 Å². The molecule has 0 saturated heterocycles. The van der Waals surface area contributed by atoms with Crippen LogP contribution in [0, 0.1) is 6.92 Å². The second kappa shape index (κ2) is 4.88. The van der Waals surface area contributed by atoms with Crippen molar-refractivity contribution in [2.75, 3.05) is 0 Å². The van der Waals surface area contributed by atoms with Crippen LogP contribution in [0.15, 0.2) is 48.7 Å². The number of allylic oxidation sites excluding steroid dienone is 1. The van der Waals surface area contributed by atoms with Gasteiger partial charge in [-0.05, 0) is 42.3 Å². The molecule has 2 aromatic rings. The first-order valence-electron chi connectivity index (χ1n) is 6.71. The Morgan fingerprint density at radius 1 is 1.21 bits per heavy atom. The van der Waals surface area contributed by atoms with Gasteiger partial charge in [-0.1, -0.05) is 42.5 Å². The molecule has 2 nitrogen and oxygen atoms in total. The molecule has 0 fully saturated rings. The van der Waals surface area contributed by atoms with Crippen molar-refractivity contribution in [2.45, 2.75) is 25.8 Å². The van der Waals surface area contributed by atoms with Crippen molar-refractivity contribution in [1.82, 2.24) is 5.32 Å². The van der Waals surface area contributed by atoms with Crippen LogP contribution < -0.4 is 5.32 Å². The van der Waals surface area contributed by atoms with E-state index in [4.69, 9.17) is 0 Å². The quantitative estimate of drug-likeness (QED) is 0.826. The van der Waals surface area contributed by atoms with Crippen LogP contribution in [0.5, 0.6) is 0 Å². The lowest BCUT2D eigenvalue weighted by molar-refractivity contribution is 0.0945. The van der Waals surface area contributed by atoms with Crippen molar-refractivity contribution >= 4 is 16.6 Å². The molecule has 0 bridgehead atoms. The normalized spacial score (nSPS) is 18.3. The molecule has 0 aliphatic carbocycles. The highest BCUT2D eigenvalue weighted by Gasteiger charge is 2.21. The van der Waals surface area contributed by atoms with Gasteiger partial charge >= 0.3 is 0 Å². The van der Waals surface area contributed by atoms with Gasteiger partial charge in [-0.25, -0.2) is 0 Å². The fourth-order valence-electron chi connectivity index (χ4n) is 2.74. The lowest BCUT2D eigenvalue weighted by Gasteiger charge is -2.20. The molecular formula is C17H17NO. The smallest absolute Gasteiger partial charge is 0.185 e. The van der Waals surface area contributed by atoms with Crippen LogP contribution in [0.2, 0.25) is 0 Å². The predicted octanol–water partition coefficient (Wildman–Crippen LogP) is 3.60. The van der Waals surface area contributed by atoms with E-state index in [2.05, 4.69) is 36.5 Å². The maximum Gasteiger partial charge on any atom is 0.185 e. The number of carbonyl (C=O) groups excluding carboxylic acids is 1. The number of hydrogen-bond acceptors (Lipinski definition) is 2. The molecule has 19 heavy (non-hydrogen) atoms. The Morgan fingerprint density at radius 3 is 2.74 bits per heavy atom. The van der Waals surface area contributed by atoms with Crippen LogP contribution in [0.25, 0.3) is 10.8 Å². The highest BCUT2D eigenvalue weighted by molar-refractivity contribution is 6.11. The molecule has 1 heterocycles. The average Bonchev–Trinajstić information content (AvgIpc) is 2.47. The number of rotatable bonds is 2. The first-order valence-corrected chi connectivity index (χ1v) is 6.71. The molecule has 0 spiro atoms. The Labute approximate surface area is 113 Å². The lowest BCUT2D eigenvalue weighted by Crippen LogP contribution is -2.35. The van der Waals surface area contributed by atoms with E-state index in [9.17, 15) is 4.79 Å². The van der Waals surface area contributed by atoms with Crippen molar-refractivity contribution in [3.63, 3.8) is 0 Å². The molecule has 3 rings (SSSR count). The van der Waals surface area contributed by atoms with E-state index in [0.717, 1.165) is 34.7 Å². The van der Waals surface area contributed by atoms with Gasteiger partial charge in [-0.15, -0.1) is 0 Å². The summed E-state index contributed by atoms with van der Waals surface area (Å²) < 4.78 is 0. The van der Waals surface area contributed by atoms with E-state index >= 15 is 0 Å². The summed E-state index contributed by atoms with van der Waals surface area (Å²) in [6.07, 6.45) is 5.80. The number of benzene rings is 2. The molecule has 0 radical (unpaired) electrons. The van der Waals surface area contributed by atoms with Gasteiger partial charge in [0.15, 0.2) is 5.78 Å². The molecule has 1 atom stereocenters. The number of hydrogen-bond donors (Lipinski definition) is 1. The van der Waals surface area contributed by atoms with Crippen LogP contribution >= 0.6 is 0 Å². The first-order chi connectivity index (χ1) is 9.27. The Balaban J connectivity index is 2.09. The van der Waals surface area contributed by atoms with Gasteiger partial charge in [-0.2, -0.15) is 0 Å². The summed E-state index contributed by atoms with van der Waals surface area (Å²) in [5.74, 6) is 0.198. The highest BCUT2D eigenvalue weighted by Crippen LogP contribution is 2.24.